The standard InChI is InChI=1S/C16H26O5/c1-18-15(19-2)10-11-16(20-3,21-4)13(12-15)14(17)8-6-5-7-9-14/h10-12,17H,5-9H2,1-4H3. The van der Waals surface area contributed by atoms with Gasteiger partial charge in [0, 0.05) is 34.0 Å². The Hall–Kier alpha value is -0.720. The number of methoxy groups -OCH3 is 4. The fourth-order valence-electron chi connectivity index (χ4n) is 3.31. The van der Waals surface area contributed by atoms with Crippen molar-refractivity contribution in [2.75, 3.05) is 28.4 Å². The molecule has 0 radical (unpaired) electrons. The van der Waals surface area contributed by atoms with Crippen molar-refractivity contribution in [3.8, 4) is 0 Å². The molecule has 0 atom stereocenters. The van der Waals surface area contributed by atoms with Crippen molar-refractivity contribution in [2.45, 2.75) is 49.3 Å². The lowest BCUT2D eigenvalue weighted by Gasteiger charge is -2.45. The lowest BCUT2D eigenvalue weighted by Crippen LogP contribution is -2.51. The third kappa shape index (κ3) is 2.81. The van der Waals surface area contributed by atoms with Crippen molar-refractivity contribution in [1.29, 1.82) is 0 Å². The van der Waals surface area contributed by atoms with Crippen LogP contribution in [0, 0.1) is 0 Å². The molecule has 1 saturated carbocycles. The maximum absolute atomic E-state index is 11.1. The van der Waals surface area contributed by atoms with Crippen LogP contribution >= 0.6 is 0 Å². The zero-order valence-electron chi connectivity index (χ0n) is 13.3. The summed E-state index contributed by atoms with van der Waals surface area (Å²) in [6.07, 6.45) is 9.75. The predicted molar refractivity (Wildman–Crippen MR) is 78.8 cm³/mol. The number of aliphatic hydroxyl groups is 1. The maximum Gasteiger partial charge on any atom is 0.213 e. The molecular formula is C16H26O5. The summed E-state index contributed by atoms with van der Waals surface area (Å²) in [5.41, 5.74) is -0.303. The van der Waals surface area contributed by atoms with Gasteiger partial charge in [-0.05, 0) is 31.1 Å². The summed E-state index contributed by atoms with van der Waals surface area (Å²) in [5.74, 6) is -2.07. The molecule has 0 amide bonds. The van der Waals surface area contributed by atoms with Gasteiger partial charge in [-0.15, -0.1) is 0 Å². The predicted octanol–water partition coefficient (Wildman–Crippen LogP) is 2.16. The Morgan fingerprint density at radius 1 is 0.857 bits per heavy atom. The second-order valence-corrected chi connectivity index (χ2v) is 5.69. The summed E-state index contributed by atoms with van der Waals surface area (Å²) in [6.45, 7) is 0. The van der Waals surface area contributed by atoms with Crippen LogP contribution in [0.5, 0.6) is 0 Å². The van der Waals surface area contributed by atoms with E-state index < -0.39 is 17.2 Å². The Kier molecular flexibility index (Phi) is 4.90. The molecule has 0 aromatic heterocycles. The quantitative estimate of drug-likeness (QED) is 0.622. The smallest absolute Gasteiger partial charge is 0.213 e. The topological polar surface area (TPSA) is 57.2 Å². The van der Waals surface area contributed by atoms with Gasteiger partial charge >= 0.3 is 0 Å². The van der Waals surface area contributed by atoms with Crippen LogP contribution in [0.2, 0.25) is 0 Å². The highest BCUT2D eigenvalue weighted by molar-refractivity contribution is 5.39. The molecule has 0 bridgehead atoms. The summed E-state index contributed by atoms with van der Waals surface area (Å²) in [6, 6.07) is 0. The van der Waals surface area contributed by atoms with E-state index >= 15 is 0 Å². The molecule has 2 aliphatic carbocycles. The van der Waals surface area contributed by atoms with Gasteiger partial charge in [0.05, 0.1) is 5.60 Å². The fourth-order valence-corrected chi connectivity index (χ4v) is 3.31. The summed E-state index contributed by atoms with van der Waals surface area (Å²) >= 11 is 0. The Balaban J connectivity index is 2.49. The number of hydrogen-bond acceptors (Lipinski definition) is 5. The number of ether oxygens (including phenoxy) is 4. The van der Waals surface area contributed by atoms with Crippen LogP contribution in [0.25, 0.3) is 0 Å². The van der Waals surface area contributed by atoms with Crippen LogP contribution < -0.4 is 0 Å². The van der Waals surface area contributed by atoms with E-state index in [1.165, 1.54) is 0 Å². The fraction of sp³-hybridized carbons (Fsp3) is 0.750. The van der Waals surface area contributed by atoms with Gasteiger partial charge in [-0.1, -0.05) is 19.3 Å². The van der Waals surface area contributed by atoms with Crippen molar-refractivity contribution in [3.05, 3.63) is 23.8 Å². The van der Waals surface area contributed by atoms with E-state index in [-0.39, 0.29) is 0 Å². The normalized spacial score (nSPS) is 26.4. The van der Waals surface area contributed by atoms with Crippen molar-refractivity contribution >= 4 is 0 Å². The van der Waals surface area contributed by atoms with Gasteiger partial charge in [0.1, 0.15) is 0 Å². The van der Waals surface area contributed by atoms with Crippen molar-refractivity contribution in [1.82, 2.24) is 0 Å². The largest absolute Gasteiger partial charge is 0.385 e. The molecule has 2 rings (SSSR count). The third-order valence-corrected chi connectivity index (χ3v) is 4.68. The molecule has 1 fully saturated rings. The van der Waals surface area contributed by atoms with E-state index in [1.54, 1.807) is 46.7 Å². The average Bonchev–Trinajstić information content (AvgIpc) is 2.55. The van der Waals surface area contributed by atoms with Gasteiger partial charge < -0.3 is 24.1 Å². The molecule has 0 aliphatic heterocycles. The molecule has 5 nitrogen and oxygen atoms in total. The summed E-state index contributed by atoms with van der Waals surface area (Å²) < 4.78 is 22.1. The second kappa shape index (κ2) is 6.18. The van der Waals surface area contributed by atoms with Crippen LogP contribution in [0.15, 0.2) is 23.8 Å². The minimum absolute atomic E-state index is 0.658. The highest BCUT2D eigenvalue weighted by atomic mass is 16.7. The molecule has 0 spiro atoms. The van der Waals surface area contributed by atoms with Crippen molar-refractivity contribution in [2.24, 2.45) is 0 Å². The molecule has 120 valence electrons. The highest BCUT2D eigenvalue weighted by Crippen LogP contribution is 2.45. The van der Waals surface area contributed by atoms with Gasteiger partial charge in [0.25, 0.3) is 0 Å². The van der Waals surface area contributed by atoms with E-state index in [0.29, 0.717) is 18.4 Å². The lowest BCUT2D eigenvalue weighted by atomic mass is 9.74. The average molecular weight is 298 g/mol. The first kappa shape index (κ1) is 16.6. The van der Waals surface area contributed by atoms with E-state index in [9.17, 15) is 5.11 Å². The van der Waals surface area contributed by atoms with Gasteiger partial charge in [-0.25, -0.2) is 0 Å². The molecular weight excluding hydrogens is 272 g/mol. The van der Waals surface area contributed by atoms with E-state index in [4.69, 9.17) is 18.9 Å². The minimum atomic E-state index is -1.08. The Morgan fingerprint density at radius 2 is 1.43 bits per heavy atom. The van der Waals surface area contributed by atoms with E-state index in [2.05, 4.69) is 0 Å². The molecule has 1 N–H and O–H groups in total. The number of rotatable bonds is 5. The lowest BCUT2D eigenvalue weighted by molar-refractivity contribution is -0.182. The number of hydrogen-bond donors (Lipinski definition) is 1. The van der Waals surface area contributed by atoms with E-state index in [0.717, 1.165) is 19.3 Å². The summed E-state index contributed by atoms with van der Waals surface area (Å²) in [5, 5.41) is 11.1. The second-order valence-electron chi connectivity index (χ2n) is 5.69. The molecule has 21 heavy (non-hydrogen) atoms. The minimum Gasteiger partial charge on any atom is -0.385 e. The summed E-state index contributed by atoms with van der Waals surface area (Å²) in [4.78, 5) is 0. The van der Waals surface area contributed by atoms with E-state index in [1.807, 2.05) is 0 Å². The van der Waals surface area contributed by atoms with Crippen LogP contribution in [0.4, 0.5) is 0 Å². The van der Waals surface area contributed by atoms with Gasteiger partial charge in [-0.3, -0.25) is 0 Å². The first-order valence-electron chi connectivity index (χ1n) is 7.37. The Labute approximate surface area is 126 Å². The summed E-state index contributed by atoms with van der Waals surface area (Å²) in [7, 11) is 6.28. The molecule has 0 aromatic carbocycles. The molecule has 0 heterocycles. The van der Waals surface area contributed by atoms with Crippen molar-refractivity contribution < 1.29 is 24.1 Å². The third-order valence-electron chi connectivity index (χ3n) is 4.68. The molecule has 0 saturated heterocycles. The van der Waals surface area contributed by atoms with Gasteiger partial charge in [0.2, 0.25) is 11.6 Å². The van der Waals surface area contributed by atoms with Crippen LogP contribution in [-0.4, -0.2) is 50.7 Å². The van der Waals surface area contributed by atoms with Crippen molar-refractivity contribution in [3.63, 3.8) is 0 Å². The first-order chi connectivity index (χ1) is 10.00. The molecule has 0 unspecified atom stereocenters. The SMILES string of the molecule is COC1(OC)C=CC(OC)(OC)C(C2(O)CCCCC2)=C1. The monoisotopic (exact) mass is 298 g/mol. The highest BCUT2D eigenvalue weighted by Gasteiger charge is 2.50. The van der Waals surface area contributed by atoms with Gasteiger partial charge in [-0.2, -0.15) is 0 Å². The first-order valence-corrected chi connectivity index (χ1v) is 7.37. The maximum atomic E-state index is 11.1. The van der Waals surface area contributed by atoms with Crippen LogP contribution in [-0.2, 0) is 18.9 Å². The van der Waals surface area contributed by atoms with Crippen LogP contribution in [0.3, 0.4) is 0 Å². The van der Waals surface area contributed by atoms with Crippen LogP contribution in [0.1, 0.15) is 32.1 Å². The van der Waals surface area contributed by atoms with Gasteiger partial charge in [0.15, 0.2) is 0 Å². The zero-order valence-corrected chi connectivity index (χ0v) is 13.3. The zero-order chi connectivity index (χ0) is 15.6. The molecule has 0 aromatic rings. The molecule has 2 aliphatic rings. The molecule has 5 heteroatoms. The Morgan fingerprint density at radius 3 is 1.90 bits per heavy atom. The Bertz CT molecular complexity index is 412.